The van der Waals surface area contributed by atoms with Crippen LogP contribution in [0.5, 0.6) is 0 Å². The average Bonchev–Trinajstić information content (AvgIpc) is 3.22. The molecule has 0 bridgehead atoms. The first kappa shape index (κ1) is 14.8. The van der Waals surface area contributed by atoms with Crippen molar-refractivity contribution in [3.63, 3.8) is 0 Å². The van der Waals surface area contributed by atoms with Crippen LogP contribution in [0.2, 0.25) is 5.02 Å². The van der Waals surface area contributed by atoms with Crippen molar-refractivity contribution < 1.29 is 4.74 Å². The Balaban J connectivity index is 1.85. The molecule has 106 valence electrons. The minimum absolute atomic E-state index is 0.649. The second-order valence-electron chi connectivity index (χ2n) is 5.48. The molecule has 1 aliphatic rings. The molecule has 1 unspecified atom stereocenters. The maximum absolute atomic E-state index is 6.26. The molecule has 0 aliphatic heterocycles. The molecule has 1 fully saturated rings. The smallest absolute Gasteiger partial charge is 0.0462 e. The highest BCUT2D eigenvalue weighted by Crippen LogP contribution is 2.23. The quantitative estimate of drug-likeness (QED) is 0.697. The Labute approximate surface area is 121 Å². The first-order valence-electron chi connectivity index (χ1n) is 7.25. The predicted octanol–water partition coefficient (Wildman–Crippen LogP) is 3.68. The zero-order valence-corrected chi connectivity index (χ0v) is 12.5. The molecule has 1 N–H and O–H groups in total. The van der Waals surface area contributed by atoms with E-state index in [4.69, 9.17) is 16.3 Å². The van der Waals surface area contributed by atoms with Gasteiger partial charge in [0.15, 0.2) is 0 Å². The monoisotopic (exact) mass is 281 g/mol. The Morgan fingerprint density at radius 2 is 2.16 bits per heavy atom. The standard InChI is InChI=1S/C16H24ClNO/c1-19-10-4-5-13(12-18-15-8-9-15)11-14-6-2-3-7-16(14)17/h2-3,6-7,13,15,18H,4-5,8-12H2,1H3. The SMILES string of the molecule is COCCCC(CNC1CC1)Cc1ccccc1Cl. The lowest BCUT2D eigenvalue weighted by Gasteiger charge is -2.18. The van der Waals surface area contributed by atoms with Gasteiger partial charge in [-0.25, -0.2) is 0 Å². The summed E-state index contributed by atoms with van der Waals surface area (Å²) in [5.74, 6) is 0.649. The highest BCUT2D eigenvalue weighted by Gasteiger charge is 2.22. The molecule has 0 heterocycles. The zero-order chi connectivity index (χ0) is 13.5. The van der Waals surface area contributed by atoms with Crippen LogP contribution >= 0.6 is 11.6 Å². The molecule has 0 aromatic heterocycles. The molecule has 19 heavy (non-hydrogen) atoms. The van der Waals surface area contributed by atoms with Crippen molar-refractivity contribution in [2.75, 3.05) is 20.3 Å². The largest absolute Gasteiger partial charge is 0.385 e. The van der Waals surface area contributed by atoms with Gasteiger partial charge >= 0.3 is 0 Å². The number of nitrogens with one attached hydrogen (secondary N) is 1. The summed E-state index contributed by atoms with van der Waals surface area (Å²) in [7, 11) is 1.77. The van der Waals surface area contributed by atoms with E-state index in [-0.39, 0.29) is 0 Å². The maximum atomic E-state index is 6.26. The summed E-state index contributed by atoms with van der Waals surface area (Å²) in [4.78, 5) is 0. The number of benzene rings is 1. The van der Waals surface area contributed by atoms with Crippen molar-refractivity contribution in [2.24, 2.45) is 5.92 Å². The molecule has 0 amide bonds. The number of ether oxygens (including phenoxy) is 1. The molecule has 1 aliphatic carbocycles. The van der Waals surface area contributed by atoms with Crippen LogP contribution in [0.15, 0.2) is 24.3 Å². The Kier molecular flexibility index (Phi) is 6.15. The number of halogens is 1. The van der Waals surface area contributed by atoms with E-state index in [0.717, 1.165) is 37.1 Å². The normalized spacial score (nSPS) is 16.5. The first-order valence-corrected chi connectivity index (χ1v) is 7.63. The topological polar surface area (TPSA) is 21.3 Å². The third-order valence-corrected chi connectivity index (χ3v) is 4.07. The lowest BCUT2D eigenvalue weighted by molar-refractivity contribution is 0.186. The fourth-order valence-corrected chi connectivity index (χ4v) is 2.60. The third-order valence-electron chi connectivity index (χ3n) is 3.70. The van der Waals surface area contributed by atoms with Gasteiger partial charge in [-0.3, -0.25) is 0 Å². The summed E-state index contributed by atoms with van der Waals surface area (Å²) in [6.07, 6.45) is 6.06. The minimum Gasteiger partial charge on any atom is -0.385 e. The molecular formula is C16H24ClNO. The number of hydrogen-bond acceptors (Lipinski definition) is 2. The summed E-state index contributed by atoms with van der Waals surface area (Å²) in [5.41, 5.74) is 1.27. The fourth-order valence-electron chi connectivity index (χ4n) is 2.39. The van der Waals surface area contributed by atoms with Crippen LogP contribution in [0.25, 0.3) is 0 Å². The van der Waals surface area contributed by atoms with Crippen molar-refractivity contribution in [1.82, 2.24) is 5.32 Å². The fraction of sp³-hybridized carbons (Fsp3) is 0.625. The molecule has 2 nitrogen and oxygen atoms in total. The van der Waals surface area contributed by atoms with E-state index in [9.17, 15) is 0 Å². The van der Waals surface area contributed by atoms with Crippen LogP contribution in [0, 0.1) is 5.92 Å². The molecule has 1 saturated carbocycles. The maximum Gasteiger partial charge on any atom is 0.0462 e. The highest BCUT2D eigenvalue weighted by molar-refractivity contribution is 6.31. The van der Waals surface area contributed by atoms with E-state index in [1.165, 1.54) is 24.8 Å². The summed E-state index contributed by atoms with van der Waals surface area (Å²) in [6.45, 7) is 1.95. The van der Waals surface area contributed by atoms with E-state index in [1.54, 1.807) is 7.11 Å². The highest BCUT2D eigenvalue weighted by atomic mass is 35.5. The molecule has 0 radical (unpaired) electrons. The van der Waals surface area contributed by atoms with Gasteiger partial charge in [0.25, 0.3) is 0 Å². The molecule has 0 spiro atoms. The van der Waals surface area contributed by atoms with Gasteiger partial charge in [-0.1, -0.05) is 29.8 Å². The second-order valence-corrected chi connectivity index (χ2v) is 5.89. The van der Waals surface area contributed by atoms with Crippen LogP contribution in [0.4, 0.5) is 0 Å². The van der Waals surface area contributed by atoms with Crippen molar-refractivity contribution in [3.05, 3.63) is 34.9 Å². The van der Waals surface area contributed by atoms with Gasteiger partial charge < -0.3 is 10.1 Å². The minimum atomic E-state index is 0.649. The van der Waals surface area contributed by atoms with Crippen LogP contribution in [-0.2, 0) is 11.2 Å². The molecule has 1 aromatic carbocycles. The zero-order valence-electron chi connectivity index (χ0n) is 11.7. The Hall–Kier alpha value is -0.570. The number of hydrogen-bond donors (Lipinski definition) is 1. The summed E-state index contributed by atoms with van der Waals surface area (Å²) in [6, 6.07) is 8.96. The van der Waals surface area contributed by atoms with Gasteiger partial charge in [0, 0.05) is 24.8 Å². The molecule has 3 heteroatoms. The summed E-state index contributed by atoms with van der Waals surface area (Å²) in [5, 5.41) is 4.53. The Morgan fingerprint density at radius 1 is 1.37 bits per heavy atom. The summed E-state index contributed by atoms with van der Waals surface area (Å²) < 4.78 is 5.16. The number of methoxy groups -OCH3 is 1. The van der Waals surface area contributed by atoms with E-state index in [1.807, 2.05) is 12.1 Å². The third kappa shape index (κ3) is 5.52. The molecule has 1 atom stereocenters. The van der Waals surface area contributed by atoms with Gasteiger partial charge in [0.1, 0.15) is 0 Å². The summed E-state index contributed by atoms with van der Waals surface area (Å²) >= 11 is 6.26. The van der Waals surface area contributed by atoms with E-state index < -0.39 is 0 Å². The van der Waals surface area contributed by atoms with Gasteiger partial charge in [-0.2, -0.15) is 0 Å². The van der Waals surface area contributed by atoms with E-state index >= 15 is 0 Å². The van der Waals surface area contributed by atoms with Gasteiger partial charge in [0.05, 0.1) is 0 Å². The van der Waals surface area contributed by atoms with Crippen LogP contribution in [0.1, 0.15) is 31.2 Å². The average molecular weight is 282 g/mol. The van der Waals surface area contributed by atoms with Gasteiger partial charge in [0.2, 0.25) is 0 Å². The van der Waals surface area contributed by atoms with E-state index in [2.05, 4.69) is 17.4 Å². The van der Waals surface area contributed by atoms with Gasteiger partial charge in [-0.05, 0) is 56.2 Å². The molecule has 1 aromatic rings. The second kappa shape index (κ2) is 7.88. The van der Waals surface area contributed by atoms with Gasteiger partial charge in [-0.15, -0.1) is 0 Å². The van der Waals surface area contributed by atoms with Crippen molar-refractivity contribution in [3.8, 4) is 0 Å². The van der Waals surface area contributed by atoms with Crippen LogP contribution in [-0.4, -0.2) is 26.3 Å². The number of rotatable bonds is 9. The Morgan fingerprint density at radius 3 is 2.84 bits per heavy atom. The van der Waals surface area contributed by atoms with Crippen LogP contribution in [0.3, 0.4) is 0 Å². The van der Waals surface area contributed by atoms with Crippen molar-refractivity contribution in [1.29, 1.82) is 0 Å². The van der Waals surface area contributed by atoms with Crippen molar-refractivity contribution in [2.45, 2.75) is 38.1 Å². The molecule has 2 rings (SSSR count). The van der Waals surface area contributed by atoms with E-state index in [0.29, 0.717) is 5.92 Å². The lowest BCUT2D eigenvalue weighted by Crippen LogP contribution is -2.26. The van der Waals surface area contributed by atoms with Crippen molar-refractivity contribution >= 4 is 11.6 Å². The lowest BCUT2D eigenvalue weighted by atomic mass is 9.94. The van der Waals surface area contributed by atoms with Crippen LogP contribution < -0.4 is 5.32 Å². The Bertz CT molecular complexity index is 379. The first-order chi connectivity index (χ1) is 9.29. The predicted molar refractivity (Wildman–Crippen MR) is 80.8 cm³/mol. The molecule has 0 saturated heterocycles. The molecular weight excluding hydrogens is 258 g/mol.